The van der Waals surface area contributed by atoms with Gasteiger partial charge in [0.2, 0.25) is 0 Å². The average Bonchev–Trinajstić information content (AvgIpc) is 2.28. The summed E-state index contributed by atoms with van der Waals surface area (Å²) in [6, 6.07) is 5.42. The normalized spacial score (nSPS) is 10.3. The Morgan fingerprint density at radius 2 is 1.88 bits per heavy atom. The SMILES string of the molecule is CN=C(N)Nc1ccc(OC)c(OC)c1.I. The molecule has 0 amide bonds. The van der Waals surface area contributed by atoms with Crippen molar-refractivity contribution in [3.63, 3.8) is 0 Å². The molecule has 0 aliphatic heterocycles. The van der Waals surface area contributed by atoms with Crippen molar-refractivity contribution in [3.05, 3.63) is 18.2 Å². The van der Waals surface area contributed by atoms with Crippen LogP contribution in [0.2, 0.25) is 0 Å². The number of hydrogen-bond donors (Lipinski definition) is 2. The van der Waals surface area contributed by atoms with Gasteiger partial charge in [-0.25, -0.2) is 0 Å². The van der Waals surface area contributed by atoms with Gasteiger partial charge < -0.3 is 20.5 Å². The second-order valence-corrected chi connectivity index (χ2v) is 2.80. The smallest absolute Gasteiger partial charge is 0.192 e. The van der Waals surface area contributed by atoms with Gasteiger partial charge in [-0.2, -0.15) is 0 Å². The van der Waals surface area contributed by atoms with Crippen molar-refractivity contribution in [2.45, 2.75) is 0 Å². The molecule has 1 rings (SSSR count). The molecule has 0 spiro atoms. The fourth-order valence-electron chi connectivity index (χ4n) is 1.12. The number of ether oxygens (including phenoxy) is 2. The monoisotopic (exact) mass is 337 g/mol. The molecule has 0 aromatic heterocycles. The van der Waals surface area contributed by atoms with Gasteiger partial charge in [0.25, 0.3) is 0 Å². The summed E-state index contributed by atoms with van der Waals surface area (Å²) in [6.45, 7) is 0. The zero-order valence-electron chi connectivity index (χ0n) is 9.48. The van der Waals surface area contributed by atoms with Crippen LogP contribution in [0.1, 0.15) is 0 Å². The number of guanidine groups is 1. The molecule has 1 aromatic rings. The number of benzene rings is 1. The van der Waals surface area contributed by atoms with Crippen LogP contribution in [-0.4, -0.2) is 27.2 Å². The molecule has 5 nitrogen and oxygen atoms in total. The highest BCUT2D eigenvalue weighted by molar-refractivity contribution is 14.0. The summed E-state index contributed by atoms with van der Waals surface area (Å²) in [5.74, 6) is 1.67. The minimum absolute atomic E-state index is 0. The summed E-state index contributed by atoms with van der Waals surface area (Å²) >= 11 is 0. The predicted octanol–water partition coefficient (Wildman–Crippen LogP) is 1.68. The van der Waals surface area contributed by atoms with Crippen molar-refractivity contribution in [2.75, 3.05) is 26.6 Å². The number of hydrogen-bond acceptors (Lipinski definition) is 3. The zero-order chi connectivity index (χ0) is 11.3. The van der Waals surface area contributed by atoms with Gasteiger partial charge in [-0.05, 0) is 12.1 Å². The number of nitrogens with two attached hydrogens (primary N) is 1. The Bertz CT molecular complexity index is 369. The lowest BCUT2D eigenvalue weighted by Crippen LogP contribution is -2.21. The number of aliphatic imine (C=N–C) groups is 1. The second kappa shape index (κ2) is 7.15. The Hall–Kier alpha value is -1.18. The summed E-state index contributed by atoms with van der Waals surface area (Å²) in [7, 11) is 4.79. The van der Waals surface area contributed by atoms with E-state index in [1.165, 1.54) is 0 Å². The topological polar surface area (TPSA) is 68.9 Å². The molecule has 16 heavy (non-hydrogen) atoms. The molecule has 6 heteroatoms. The molecule has 90 valence electrons. The Kier molecular flexibility index (Phi) is 6.63. The van der Waals surface area contributed by atoms with Crippen molar-refractivity contribution in [1.29, 1.82) is 0 Å². The first kappa shape index (κ1) is 14.8. The van der Waals surface area contributed by atoms with E-state index in [0.717, 1.165) is 5.69 Å². The van der Waals surface area contributed by atoms with Gasteiger partial charge in [-0.1, -0.05) is 0 Å². The molecule has 0 heterocycles. The number of nitrogens with zero attached hydrogens (tertiary/aromatic N) is 1. The first-order chi connectivity index (χ1) is 7.21. The number of rotatable bonds is 3. The number of methoxy groups -OCH3 is 2. The van der Waals surface area contributed by atoms with Crippen molar-refractivity contribution in [2.24, 2.45) is 10.7 Å². The maximum absolute atomic E-state index is 5.53. The van der Waals surface area contributed by atoms with E-state index >= 15 is 0 Å². The minimum atomic E-state index is 0. The molecular formula is C10H16IN3O2. The Morgan fingerprint density at radius 3 is 2.38 bits per heavy atom. The first-order valence-electron chi connectivity index (χ1n) is 4.42. The molecule has 0 saturated carbocycles. The predicted molar refractivity (Wildman–Crippen MR) is 76.1 cm³/mol. The van der Waals surface area contributed by atoms with Crippen LogP contribution in [0.5, 0.6) is 11.5 Å². The van der Waals surface area contributed by atoms with E-state index in [4.69, 9.17) is 15.2 Å². The van der Waals surface area contributed by atoms with E-state index in [0.29, 0.717) is 17.5 Å². The lowest BCUT2D eigenvalue weighted by molar-refractivity contribution is 0.355. The summed E-state index contributed by atoms with van der Waals surface area (Å²) < 4.78 is 10.3. The summed E-state index contributed by atoms with van der Waals surface area (Å²) in [5, 5.41) is 2.91. The van der Waals surface area contributed by atoms with E-state index in [2.05, 4.69) is 10.3 Å². The Balaban J connectivity index is 0.00000225. The van der Waals surface area contributed by atoms with Crippen LogP contribution in [0.15, 0.2) is 23.2 Å². The van der Waals surface area contributed by atoms with E-state index in [-0.39, 0.29) is 24.0 Å². The maximum Gasteiger partial charge on any atom is 0.192 e. The van der Waals surface area contributed by atoms with Crippen LogP contribution in [0.25, 0.3) is 0 Å². The molecule has 0 fully saturated rings. The van der Waals surface area contributed by atoms with Crippen LogP contribution in [-0.2, 0) is 0 Å². The maximum atomic E-state index is 5.53. The lowest BCUT2D eigenvalue weighted by atomic mass is 10.3. The van der Waals surface area contributed by atoms with Crippen molar-refractivity contribution in [1.82, 2.24) is 0 Å². The third-order valence-corrected chi connectivity index (χ3v) is 1.90. The number of halogens is 1. The molecule has 0 saturated heterocycles. The quantitative estimate of drug-likeness (QED) is 0.500. The standard InChI is InChI=1S/C10H15N3O2.HI/c1-12-10(11)13-7-4-5-8(14-2)9(6-7)15-3;/h4-6H,1-3H3,(H3,11,12,13);1H. The van der Waals surface area contributed by atoms with Gasteiger partial charge in [0.1, 0.15) is 0 Å². The Labute approximate surface area is 112 Å². The van der Waals surface area contributed by atoms with Gasteiger partial charge in [-0.15, -0.1) is 24.0 Å². The van der Waals surface area contributed by atoms with Gasteiger partial charge in [0.15, 0.2) is 17.5 Å². The largest absolute Gasteiger partial charge is 0.493 e. The molecular weight excluding hydrogens is 321 g/mol. The van der Waals surface area contributed by atoms with Crippen LogP contribution in [0, 0.1) is 0 Å². The molecule has 0 bridgehead atoms. The van der Waals surface area contributed by atoms with Crippen LogP contribution < -0.4 is 20.5 Å². The number of anilines is 1. The van der Waals surface area contributed by atoms with Gasteiger partial charge in [0, 0.05) is 18.8 Å². The van der Waals surface area contributed by atoms with E-state index in [9.17, 15) is 0 Å². The third kappa shape index (κ3) is 3.76. The molecule has 0 radical (unpaired) electrons. The van der Waals surface area contributed by atoms with Gasteiger partial charge in [-0.3, -0.25) is 4.99 Å². The van der Waals surface area contributed by atoms with Crippen molar-refractivity contribution in [3.8, 4) is 11.5 Å². The average molecular weight is 337 g/mol. The highest BCUT2D eigenvalue weighted by atomic mass is 127. The van der Waals surface area contributed by atoms with Crippen LogP contribution >= 0.6 is 24.0 Å². The second-order valence-electron chi connectivity index (χ2n) is 2.80. The van der Waals surface area contributed by atoms with E-state index in [1.807, 2.05) is 6.07 Å². The molecule has 0 aliphatic carbocycles. The van der Waals surface area contributed by atoms with Crippen LogP contribution in [0.3, 0.4) is 0 Å². The fraction of sp³-hybridized carbons (Fsp3) is 0.300. The summed E-state index contributed by atoms with van der Waals surface area (Å²) in [4.78, 5) is 3.79. The zero-order valence-corrected chi connectivity index (χ0v) is 11.8. The third-order valence-electron chi connectivity index (χ3n) is 1.90. The van der Waals surface area contributed by atoms with Crippen molar-refractivity contribution >= 4 is 35.6 Å². The molecule has 3 N–H and O–H groups in total. The van der Waals surface area contributed by atoms with Crippen LogP contribution in [0.4, 0.5) is 5.69 Å². The fourth-order valence-corrected chi connectivity index (χ4v) is 1.12. The summed E-state index contributed by atoms with van der Waals surface area (Å²) in [6.07, 6.45) is 0. The molecule has 0 atom stereocenters. The Morgan fingerprint density at radius 1 is 1.25 bits per heavy atom. The highest BCUT2D eigenvalue weighted by Gasteiger charge is 2.04. The van der Waals surface area contributed by atoms with Crippen molar-refractivity contribution < 1.29 is 9.47 Å². The highest BCUT2D eigenvalue weighted by Crippen LogP contribution is 2.29. The molecule has 0 unspecified atom stereocenters. The number of nitrogens with one attached hydrogen (secondary N) is 1. The first-order valence-corrected chi connectivity index (χ1v) is 4.42. The summed E-state index contributed by atoms with van der Waals surface area (Å²) in [5.41, 5.74) is 6.34. The molecule has 1 aromatic carbocycles. The minimum Gasteiger partial charge on any atom is -0.493 e. The molecule has 0 aliphatic rings. The van der Waals surface area contributed by atoms with Gasteiger partial charge >= 0.3 is 0 Å². The lowest BCUT2D eigenvalue weighted by Gasteiger charge is -2.10. The van der Waals surface area contributed by atoms with Gasteiger partial charge in [0.05, 0.1) is 14.2 Å². The van der Waals surface area contributed by atoms with E-state index in [1.54, 1.807) is 33.4 Å². The van der Waals surface area contributed by atoms with E-state index < -0.39 is 0 Å².